The monoisotopic (exact) mass is 186 g/mol. The first-order valence-electron chi connectivity index (χ1n) is 5.42. The zero-order valence-electron chi connectivity index (χ0n) is 8.81. The standard InChI is InChI=1S/C10H22N2O/c1-3-11-5-6-12-9-7-10(8-9)13-4-2/h9-12H,3-8H2,1-2H3. The van der Waals surface area contributed by atoms with Gasteiger partial charge in [-0.15, -0.1) is 0 Å². The second kappa shape index (κ2) is 6.35. The van der Waals surface area contributed by atoms with Crippen LogP contribution in [-0.2, 0) is 4.74 Å². The zero-order valence-corrected chi connectivity index (χ0v) is 8.81. The third-order valence-electron chi connectivity index (χ3n) is 2.48. The maximum Gasteiger partial charge on any atom is 0.0604 e. The van der Waals surface area contributed by atoms with Crippen LogP contribution < -0.4 is 10.6 Å². The van der Waals surface area contributed by atoms with Gasteiger partial charge in [-0.25, -0.2) is 0 Å². The Morgan fingerprint density at radius 2 is 2.00 bits per heavy atom. The predicted molar refractivity (Wildman–Crippen MR) is 55.0 cm³/mol. The van der Waals surface area contributed by atoms with Crippen molar-refractivity contribution >= 4 is 0 Å². The molecule has 0 aliphatic heterocycles. The van der Waals surface area contributed by atoms with E-state index in [0.29, 0.717) is 12.1 Å². The Kier molecular flexibility index (Phi) is 5.35. The van der Waals surface area contributed by atoms with Crippen LogP contribution in [0.25, 0.3) is 0 Å². The Morgan fingerprint density at radius 3 is 2.62 bits per heavy atom. The number of hydrogen-bond acceptors (Lipinski definition) is 3. The molecule has 3 nitrogen and oxygen atoms in total. The Bertz CT molecular complexity index is 124. The summed E-state index contributed by atoms with van der Waals surface area (Å²) in [6, 6.07) is 0.704. The van der Waals surface area contributed by atoms with Crippen molar-refractivity contribution in [3.63, 3.8) is 0 Å². The fourth-order valence-electron chi connectivity index (χ4n) is 1.65. The van der Waals surface area contributed by atoms with E-state index in [2.05, 4.69) is 24.5 Å². The number of nitrogens with one attached hydrogen (secondary N) is 2. The van der Waals surface area contributed by atoms with Gasteiger partial charge in [0.05, 0.1) is 6.10 Å². The molecule has 1 aliphatic rings. The highest BCUT2D eigenvalue weighted by atomic mass is 16.5. The van der Waals surface area contributed by atoms with Crippen LogP contribution in [-0.4, -0.2) is 38.4 Å². The molecule has 0 amide bonds. The van der Waals surface area contributed by atoms with Gasteiger partial charge in [-0.3, -0.25) is 0 Å². The highest BCUT2D eigenvalue weighted by molar-refractivity contribution is 4.85. The van der Waals surface area contributed by atoms with Crippen molar-refractivity contribution in [2.45, 2.75) is 38.8 Å². The maximum atomic E-state index is 5.48. The highest BCUT2D eigenvalue weighted by Gasteiger charge is 2.28. The second-order valence-corrected chi connectivity index (χ2v) is 3.55. The minimum atomic E-state index is 0.529. The fourth-order valence-corrected chi connectivity index (χ4v) is 1.65. The lowest BCUT2D eigenvalue weighted by Gasteiger charge is -2.35. The Balaban J connectivity index is 1.84. The van der Waals surface area contributed by atoms with Crippen LogP contribution in [0.4, 0.5) is 0 Å². The van der Waals surface area contributed by atoms with E-state index < -0.39 is 0 Å². The van der Waals surface area contributed by atoms with Crippen molar-refractivity contribution in [3.05, 3.63) is 0 Å². The van der Waals surface area contributed by atoms with E-state index in [1.165, 1.54) is 12.8 Å². The van der Waals surface area contributed by atoms with Gasteiger partial charge in [0.15, 0.2) is 0 Å². The number of rotatable bonds is 7. The van der Waals surface area contributed by atoms with Gasteiger partial charge in [0.1, 0.15) is 0 Å². The summed E-state index contributed by atoms with van der Waals surface area (Å²) in [5, 5.41) is 6.79. The molecule has 0 aromatic rings. The molecule has 78 valence electrons. The van der Waals surface area contributed by atoms with Crippen LogP contribution in [0.1, 0.15) is 26.7 Å². The van der Waals surface area contributed by atoms with Crippen LogP contribution in [0.3, 0.4) is 0 Å². The summed E-state index contributed by atoms with van der Waals surface area (Å²) in [6.07, 6.45) is 2.92. The zero-order chi connectivity index (χ0) is 9.52. The van der Waals surface area contributed by atoms with Crippen LogP contribution in [0, 0.1) is 0 Å². The fraction of sp³-hybridized carbons (Fsp3) is 1.00. The van der Waals surface area contributed by atoms with E-state index in [9.17, 15) is 0 Å². The largest absolute Gasteiger partial charge is 0.378 e. The van der Waals surface area contributed by atoms with Gasteiger partial charge in [-0.2, -0.15) is 0 Å². The van der Waals surface area contributed by atoms with Gasteiger partial charge in [0.2, 0.25) is 0 Å². The smallest absolute Gasteiger partial charge is 0.0604 e. The van der Waals surface area contributed by atoms with Crippen LogP contribution in [0.5, 0.6) is 0 Å². The van der Waals surface area contributed by atoms with E-state index in [0.717, 1.165) is 26.2 Å². The SMILES string of the molecule is CCNCCNC1CC(OCC)C1. The molecule has 0 atom stereocenters. The van der Waals surface area contributed by atoms with Crippen LogP contribution in [0.15, 0.2) is 0 Å². The van der Waals surface area contributed by atoms with E-state index in [1.54, 1.807) is 0 Å². The van der Waals surface area contributed by atoms with E-state index in [4.69, 9.17) is 4.74 Å². The normalized spacial score (nSPS) is 27.2. The summed E-state index contributed by atoms with van der Waals surface area (Å²) >= 11 is 0. The minimum absolute atomic E-state index is 0.529. The summed E-state index contributed by atoms with van der Waals surface area (Å²) in [4.78, 5) is 0. The lowest BCUT2D eigenvalue weighted by atomic mass is 9.89. The third-order valence-corrected chi connectivity index (χ3v) is 2.48. The summed E-state index contributed by atoms with van der Waals surface area (Å²) in [7, 11) is 0. The van der Waals surface area contributed by atoms with Gasteiger partial charge >= 0.3 is 0 Å². The van der Waals surface area contributed by atoms with Crippen molar-refractivity contribution in [2.75, 3.05) is 26.2 Å². The van der Waals surface area contributed by atoms with Gasteiger partial charge in [-0.1, -0.05) is 6.92 Å². The Hall–Kier alpha value is -0.120. The van der Waals surface area contributed by atoms with Crippen LogP contribution in [0.2, 0.25) is 0 Å². The molecule has 1 saturated carbocycles. The first-order valence-corrected chi connectivity index (χ1v) is 5.42. The van der Waals surface area contributed by atoms with Gasteiger partial charge in [-0.05, 0) is 26.3 Å². The van der Waals surface area contributed by atoms with E-state index in [1.807, 2.05) is 0 Å². The lowest BCUT2D eigenvalue weighted by molar-refractivity contribution is -0.00959. The predicted octanol–water partition coefficient (Wildman–Crippen LogP) is 0.753. The second-order valence-electron chi connectivity index (χ2n) is 3.55. The first-order chi connectivity index (χ1) is 6.36. The van der Waals surface area contributed by atoms with Gasteiger partial charge in [0, 0.05) is 25.7 Å². The number of likely N-dealkylation sites (N-methyl/N-ethyl adjacent to an activating group) is 1. The van der Waals surface area contributed by atoms with Crippen molar-refractivity contribution in [1.29, 1.82) is 0 Å². The molecule has 0 unspecified atom stereocenters. The molecule has 3 heteroatoms. The maximum absolute atomic E-state index is 5.48. The molecule has 0 radical (unpaired) electrons. The van der Waals surface area contributed by atoms with E-state index in [-0.39, 0.29) is 0 Å². The number of hydrogen-bond donors (Lipinski definition) is 2. The molecule has 0 heterocycles. The average molecular weight is 186 g/mol. The van der Waals surface area contributed by atoms with Gasteiger partial charge in [0.25, 0.3) is 0 Å². The van der Waals surface area contributed by atoms with Gasteiger partial charge < -0.3 is 15.4 Å². The first kappa shape index (κ1) is 11.0. The molecule has 0 bridgehead atoms. The highest BCUT2D eigenvalue weighted by Crippen LogP contribution is 2.22. The molecule has 0 saturated heterocycles. The van der Waals surface area contributed by atoms with Crippen molar-refractivity contribution in [1.82, 2.24) is 10.6 Å². The molecular weight excluding hydrogens is 164 g/mol. The quantitative estimate of drug-likeness (QED) is 0.576. The molecule has 0 aromatic heterocycles. The Labute approximate surface area is 81.2 Å². The van der Waals surface area contributed by atoms with E-state index >= 15 is 0 Å². The molecule has 1 fully saturated rings. The summed E-state index contributed by atoms with van der Waals surface area (Å²) in [5.74, 6) is 0. The minimum Gasteiger partial charge on any atom is -0.378 e. The molecule has 0 spiro atoms. The average Bonchev–Trinajstić information content (AvgIpc) is 2.07. The molecule has 1 rings (SSSR count). The molecular formula is C10H22N2O. The van der Waals surface area contributed by atoms with Crippen molar-refractivity contribution < 1.29 is 4.74 Å². The lowest BCUT2D eigenvalue weighted by Crippen LogP contribution is -2.47. The summed E-state index contributed by atoms with van der Waals surface area (Å²) < 4.78 is 5.48. The topological polar surface area (TPSA) is 33.3 Å². The molecule has 2 N–H and O–H groups in total. The van der Waals surface area contributed by atoms with Crippen molar-refractivity contribution in [2.24, 2.45) is 0 Å². The molecule has 1 aliphatic carbocycles. The van der Waals surface area contributed by atoms with Crippen LogP contribution >= 0.6 is 0 Å². The molecule has 13 heavy (non-hydrogen) atoms. The Morgan fingerprint density at radius 1 is 1.23 bits per heavy atom. The third kappa shape index (κ3) is 4.07. The van der Waals surface area contributed by atoms with Crippen molar-refractivity contribution in [3.8, 4) is 0 Å². The summed E-state index contributed by atoms with van der Waals surface area (Å²) in [6.45, 7) is 8.27. The number of ether oxygens (including phenoxy) is 1. The summed E-state index contributed by atoms with van der Waals surface area (Å²) in [5.41, 5.74) is 0. The molecule has 0 aromatic carbocycles.